The van der Waals surface area contributed by atoms with Gasteiger partial charge in [-0.2, -0.15) is 0 Å². The number of fused-ring (bicyclic) bond motifs is 1. The minimum atomic E-state index is -0.401. The van der Waals surface area contributed by atoms with Crippen molar-refractivity contribution in [3.63, 3.8) is 0 Å². The number of ketones is 1. The lowest BCUT2D eigenvalue weighted by Gasteiger charge is -2.29. The zero-order valence-corrected chi connectivity index (χ0v) is 11.2. The normalized spacial score (nSPS) is 29.1. The molecule has 1 saturated carbocycles. The summed E-state index contributed by atoms with van der Waals surface area (Å²) >= 11 is 3.43. The van der Waals surface area contributed by atoms with Gasteiger partial charge in [0.25, 0.3) is 0 Å². The van der Waals surface area contributed by atoms with Crippen molar-refractivity contribution in [3.8, 4) is 0 Å². The Morgan fingerprint density at radius 2 is 2.11 bits per heavy atom. The zero-order valence-electron chi connectivity index (χ0n) is 9.58. The van der Waals surface area contributed by atoms with Gasteiger partial charge in [0.15, 0.2) is 5.78 Å². The lowest BCUT2D eigenvalue weighted by Crippen LogP contribution is -2.50. The summed E-state index contributed by atoms with van der Waals surface area (Å²) in [6.45, 7) is 0.724. The smallest absolute Gasteiger partial charge is 0.410 e. The summed E-state index contributed by atoms with van der Waals surface area (Å²) in [6.07, 6.45) is -0.401. The van der Waals surface area contributed by atoms with Gasteiger partial charge >= 0.3 is 6.09 Å². The Morgan fingerprint density at radius 1 is 1.39 bits per heavy atom. The fourth-order valence-corrected chi connectivity index (χ4v) is 3.44. The molecule has 0 aromatic heterocycles. The number of carbonyl (C=O) groups excluding carboxylic acids is 2. The molecule has 0 spiro atoms. The molecule has 0 N–H and O–H groups in total. The largest absolute Gasteiger partial charge is 0.445 e. The second kappa shape index (κ2) is 4.39. The zero-order chi connectivity index (χ0) is 12.7. The van der Waals surface area contributed by atoms with Crippen LogP contribution in [-0.2, 0) is 16.1 Å². The van der Waals surface area contributed by atoms with E-state index in [1.165, 1.54) is 4.90 Å². The van der Waals surface area contributed by atoms with Crippen molar-refractivity contribution in [3.05, 3.63) is 35.9 Å². The Hall–Kier alpha value is -1.36. The number of ether oxygens (including phenoxy) is 1. The fraction of sp³-hybridized carbons (Fsp3) is 0.385. The Morgan fingerprint density at radius 3 is 2.67 bits per heavy atom. The van der Waals surface area contributed by atoms with Gasteiger partial charge in [0.05, 0.1) is 10.7 Å². The van der Waals surface area contributed by atoms with Crippen LogP contribution in [0, 0.1) is 5.92 Å². The summed E-state index contributed by atoms with van der Waals surface area (Å²) in [7, 11) is 0. The average Bonchev–Trinajstić information content (AvgIpc) is 2.94. The van der Waals surface area contributed by atoms with Crippen LogP contribution in [0.2, 0.25) is 0 Å². The highest BCUT2D eigenvalue weighted by molar-refractivity contribution is 9.09. The number of benzene rings is 1. The van der Waals surface area contributed by atoms with E-state index < -0.39 is 6.09 Å². The number of halogens is 1. The molecule has 0 radical (unpaired) electrons. The van der Waals surface area contributed by atoms with Crippen molar-refractivity contribution in [1.82, 2.24) is 4.90 Å². The Bertz CT molecular complexity index is 490. The number of hydrogen-bond acceptors (Lipinski definition) is 3. The summed E-state index contributed by atoms with van der Waals surface area (Å²) in [6, 6.07) is 9.18. The molecule has 3 atom stereocenters. The molecule has 18 heavy (non-hydrogen) atoms. The molecule has 1 aliphatic carbocycles. The maximum atomic E-state index is 11.9. The SMILES string of the molecule is O=C1C2CN(C(=O)OCc3ccccc3)C1C2Br. The highest BCUT2D eigenvalue weighted by Gasteiger charge is 2.60. The van der Waals surface area contributed by atoms with E-state index in [1.54, 1.807) is 0 Å². The standard InChI is InChI=1S/C13H12BrNO3/c14-10-9-6-15(11(10)12(9)16)13(17)18-7-8-4-2-1-3-5-8/h1-5,9-11H,6-7H2. The average molecular weight is 310 g/mol. The Labute approximate surface area is 113 Å². The maximum Gasteiger partial charge on any atom is 0.410 e. The number of carbonyl (C=O) groups is 2. The topological polar surface area (TPSA) is 46.6 Å². The molecule has 2 saturated heterocycles. The number of hydrogen-bond donors (Lipinski definition) is 0. The maximum absolute atomic E-state index is 11.9. The summed E-state index contributed by atoms with van der Waals surface area (Å²) in [4.78, 5) is 25.1. The van der Waals surface area contributed by atoms with Gasteiger partial charge in [0.2, 0.25) is 0 Å². The first-order valence-corrected chi connectivity index (χ1v) is 6.75. The van der Waals surface area contributed by atoms with E-state index >= 15 is 0 Å². The molecule has 4 nitrogen and oxygen atoms in total. The first-order valence-electron chi connectivity index (χ1n) is 5.83. The van der Waals surface area contributed by atoms with E-state index in [-0.39, 0.29) is 29.2 Å². The molecular formula is C13H12BrNO3. The molecule has 94 valence electrons. The van der Waals surface area contributed by atoms with Gasteiger partial charge < -0.3 is 4.74 Å². The first-order chi connectivity index (χ1) is 8.68. The van der Waals surface area contributed by atoms with E-state index in [4.69, 9.17) is 4.74 Å². The summed E-state index contributed by atoms with van der Waals surface area (Å²) < 4.78 is 5.22. The van der Waals surface area contributed by atoms with E-state index in [0.717, 1.165) is 5.56 Å². The molecule has 3 aliphatic rings. The minimum absolute atomic E-state index is 0.0423. The van der Waals surface area contributed by atoms with Crippen LogP contribution in [0.3, 0.4) is 0 Å². The lowest BCUT2D eigenvalue weighted by atomic mass is 9.84. The molecular weight excluding hydrogens is 298 g/mol. The second-order valence-electron chi connectivity index (χ2n) is 4.59. The molecule has 2 heterocycles. The third-order valence-corrected chi connectivity index (χ3v) is 4.65. The van der Waals surface area contributed by atoms with Gasteiger partial charge in [-0.25, -0.2) is 4.79 Å². The van der Waals surface area contributed by atoms with Crippen molar-refractivity contribution < 1.29 is 14.3 Å². The Kier molecular flexibility index (Phi) is 2.86. The third kappa shape index (κ3) is 1.73. The van der Waals surface area contributed by atoms with Crippen LogP contribution in [0.1, 0.15) is 5.56 Å². The molecule has 2 aliphatic heterocycles. The van der Waals surface area contributed by atoms with E-state index in [9.17, 15) is 9.59 Å². The van der Waals surface area contributed by atoms with Crippen molar-refractivity contribution in [2.24, 2.45) is 5.92 Å². The summed E-state index contributed by atoms with van der Waals surface area (Å²) in [5, 5.41) is 0. The van der Waals surface area contributed by atoms with Crippen LogP contribution in [0.4, 0.5) is 4.79 Å². The second-order valence-corrected chi connectivity index (χ2v) is 5.65. The highest BCUT2D eigenvalue weighted by atomic mass is 79.9. The fourth-order valence-electron chi connectivity index (χ4n) is 2.47. The first kappa shape index (κ1) is 11.7. The lowest BCUT2D eigenvalue weighted by molar-refractivity contribution is -0.128. The predicted molar refractivity (Wildman–Crippen MR) is 68.3 cm³/mol. The van der Waals surface area contributed by atoms with Crippen LogP contribution < -0.4 is 0 Å². The molecule has 3 unspecified atom stereocenters. The highest BCUT2D eigenvalue weighted by Crippen LogP contribution is 2.42. The van der Waals surface area contributed by atoms with E-state index in [0.29, 0.717) is 6.54 Å². The molecule has 5 heteroatoms. The van der Waals surface area contributed by atoms with Gasteiger partial charge in [-0.15, -0.1) is 0 Å². The van der Waals surface area contributed by atoms with Gasteiger partial charge in [0.1, 0.15) is 12.6 Å². The molecule has 1 amide bonds. The minimum Gasteiger partial charge on any atom is -0.445 e. The molecule has 1 aromatic rings. The van der Waals surface area contributed by atoms with Gasteiger partial charge in [-0.05, 0) is 5.56 Å². The molecule has 1 aromatic carbocycles. The van der Waals surface area contributed by atoms with Gasteiger partial charge in [-0.3, -0.25) is 9.69 Å². The van der Waals surface area contributed by atoms with Crippen LogP contribution in [-0.4, -0.2) is 34.2 Å². The quantitative estimate of drug-likeness (QED) is 0.785. The van der Waals surface area contributed by atoms with Crippen molar-refractivity contribution in [2.45, 2.75) is 17.5 Å². The molecule has 3 fully saturated rings. The van der Waals surface area contributed by atoms with Crippen molar-refractivity contribution in [2.75, 3.05) is 6.54 Å². The Balaban J connectivity index is 1.59. The number of Topliss-reactive ketones (excluding diaryl/α,β-unsaturated/α-hetero) is 1. The molecule has 2 bridgehead atoms. The van der Waals surface area contributed by atoms with Crippen LogP contribution in [0.25, 0.3) is 0 Å². The van der Waals surface area contributed by atoms with Gasteiger partial charge in [-0.1, -0.05) is 46.3 Å². The van der Waals surface area contributed by atoms with E-state index in [2.05, 4.69) is 15.9 Å². The van der Waals surface area contributed by atoms with E-state index in [1.807, 2.05) is 30.3 Å². The van der Waals surface area contributed by atoms with Gasteiger partial charge in [0, 0.05) is 6.54 Å². The van der Waals surface area contributed by atoms with Crippen LogP contribution >= 0.6 is 15.9 Å². The predicted octanol–water partition coefficient (Wildman–Crippen LogP) is 1.97. The van der Waals surface area contributed by atoms with Crippen LogP contribution in [0.5, 0.6) is 0 Å². The summed E-state index contributed by atoms with van der Waals surface area (Å²) in [5.74, 6) is 0.104. The number of amides is 1. The van der Waals surface area contributed by atoms with Crippen molar-refractivity contribution >= 4 is 27.8 Å². The number of alkyl halides is 1. The third-order valence-electron chi connectivity index (χ3n) is 3.51. The monoisotopic (exact) mass is 309 g/mol. The molecule has 4 rings (SSSR count). The van der Waals surface area contributed by atoms with Crippen molar-refractivity contribution in [1.29, 1.82) is 0 Å². The number of rotatable bonds is 2. The number of nitrogens with zero attached hydrogens (tertiary/aromatic N) is 1. The van der Waals surface area contributed by atoms with Crippen LogP contribution in [0.15, 0.2) is 30.3 Å². The summed E-state index contributed by atoms with van der Waals surface area (Å²) in [5.41, 5.74) is 0.944.